The van der Waals surface area contributed by atoms with E-state index in [0.717, 1.165) is 37.4 Å². The highest BCUT2D eigenvalue weighted by molar-refractivity contribution is 5.81. The lowest BCUT2D eigenvalue weighted by Gasteiger charge is -2.21. The van der Waals surface area contributed by atoms with Gasteiger partial charge in [-0.15, -0.1) is 0 Å². The number of rotatable bonds is 11. The molecule has 1 amide bonds. The summed E-state index contributed by atoms with van der Waals surface area (Å²) in [6.07, 6.45) is 2.86. The van der Waals surface area contributed by atoms with Gasteiger partial charge >= 0.3 is 0 Å². The molecule has 0 aromatic heterocycles. The summed E-state index contributed by atoms with van der Waals surface area (Å²) in [4.78, 5) is 12.6. The molecule has 4 nitrogen and oxygen atoms in total. The van der Waals surface area contributed by atoms with Crippen molar-refractivity contribution in [2.75, 3.05) is 13.2 Å². The van der Waals surface area contributed by atoms with E-state index < -0.39 is 6.10 Å². The second kappa shape index (κ2) is 11.6. The number of hydrogen-bond donors (Lipinski definition) is 1. The maximum atomic E-state index is 12.6. The molecule has 1 N–H and O–H groups in total. The third-order valence-corrected chi connectivity index (χ3v) is 5.02. The van der Waals surface area contributed by atoms with Crippen molar-refractivity contribution in [1.29, 1.82) is 0 Å². The van der Waals surface area contributed by atoms with Crippen LogP contribution < -0.4 is 14.8 Å². The van der Waals surface area contributed by atoms with E-state index >= 15 is 0 Å². The minimum atomic E-state index is -0.481. The van der Waals surface area contributed by atoms with E-state index in [4.69, 9.17) is 9.47 Å². The Balaban J connectivity index is 1.82. The molecule has 2 aromatic carbocycles. The maximum absolute atomic E-state index is 12.6. The second-order valence-electron chi connectivity index (χ2n) is 8.64. The third kappa shape index (κ3) is 7.40. The molecule has 0 heterocycles. The van der Waals surface area contributed by atoms with Crippen LogP contribution in [0, 0.1) is 0 Å². The molecular weight excluding hydrogens is 374 g/mol. The Morgan fingerprint density at radius 2 is 1.73 bits per heavy atom. The number of benzene rings is 2. The first-order valence-corrected chi connectivity index (χ1v) is 11.1. The Kier molecular flexibility index (Phi) is 9.22. The first kappa shape index (κ1) is 23.8. The normalized spacial score (nSPS) is 12.3. The molecule has 0 radical (unpaired) electrons. The molecule has 0 saturated carbocycles. The monoisotopic (exact) mass is 411 g/mol. The molecule has 2 rings (SSSR count). The molecule has 0 spiro atoms. The highest BCUT2D eigenvalue weighted by atomic mass is 16.5. The van der Waals surface area contributed by atoms with E-state index in [1.807, 2.05) is 37.3 Å². The summed E-state index contributed by atoms with van der Waals surface area (Å²) >= 11 is 0. The molecule has 164 valence electrons. The van der Waals surface area contributed by atoms with Gasteiger partial charge in [-0.25, -0.2) is 0 Å². The standard InChI is InChI=1S/C26H37NO3/c1-6-19-29-24-13-9-8-11-20(24)12-10-18-27-25(28)23(7-2)30-22-16-14-21(15-17-22)26(3,4)5/h8-9,11,13-17,23H,6-7,10,12,18-19H2,1-5H3,(H,27,28). The Bertz CT molecular complexity index is 778. The van der Waals surface area contributed by atoms with Crippen molar-refractivity contribution in [3.63, 3.8) is 0 Å². The Hall–Kier alpha value is -2.49. The quantitative estimate of drug-likeness (QED) is 0.484. The third-order valence-electron chi connectivity index (χ3n) is 5.02. The summed E-state index contributed by atoms with van der Waals surface area (Å²) in [7, 11) is 0. The van der Waals surface area contributed by atoms with E-state index in [-0.39, 0.29) is 11.3 Å². The number of nitrogens with one attached hydrogen (secondary N) is 1. The zero-order chi connectivity index (χ0) is 22.0. The van der Waals surface area contributed by atoms with E-state index in [2.05, 4.69) is 51.2 Å². The molecule has 0 aliphatic rings. The number of para-hydroxylation sites is 1. The SMILES string of the molecule is CCCOc1ccccc1CCCNC(=O)C(CC)Oc1ccc(C(C)(C)C)cc1. The van der Waals surface area contributed by atoms with Gasteiger partial charge in [0.25, 0.3) is 5.91 Å². The fourth-order valence-electron chi connectivity index (χ4n) is 3.19. The average Bonchev–Trinajstić information content (AvgIpc) is 2.73. The zero-order valence-corrected chi connectivity index (χ0v) is 19.2. The van der Waals surface area contributed by atoms with Crippen molar-refractivity contribution >= 4 is 5.91 Å². The van der Waals surface area contributed by atoms with Crippen LogP contribution >= 0.6 is 0 Å². The van der Waals surface area contributed by atoms with Gasteiger partial charge in [0.1, 0.15) is 11.5 Å². The summed E-state index contributed by atoms with van der Waals surface area (Å²) in [5.41, 5.74) is 2.53. The first-order valence-electron chi connectivity index (χ1n) is 11.1. The van der Waals surface area contributed by atoms with Crippen LogP contribution in [0.3, 0.4) is 0 Å². The maximum Gasteiger partial charge on any atom is 0.261 e. The van der Waals surface area contributed by atoms with Crippen LogP contribution in [-0.4, -0.2) is 25.2 Å². The molecule has 0 fully saturated rings. The Labute approximate surface area is 182 Å². The van der Waals surface area contributed by atoms with Crippen molar-refractivity contribution in [3.05, 3.63) is 59.7 Å². The molecule has 0 bridgehead atoms. The van der Waals surface area contributed by atoms with Gasteiger partial charge in [0.15, 0.2) is 6.10 Å². The smallest absolute Gasteiger partial charge is 0.261 e. The molecular formula is C26H37NO3. The van der Waals surface area contributed by atoms with E-state index in [9.17, 15) is 4.79 Å². The minimum Gasteiger partial charge on any atom is -0.493 e. The van der Waals surface area contributed by atoms with Crippen molar-refractivity contribution in [2.24, 2.45) is 0 Å². The largest absolute Gasteiger partial charge is 0.493 e. The van der Waals surface area contributed by atoms with Gasteiger partial charge in [0.05, 0.1) is 6.61 Å². The molecule has 4 heteroatoms. The zero-order valence-electron chi connectivity index (χ0n) is 19.2. The van der Waals surface area contributed by atoms with Gasteiger partial charge in [-0.2, -0.15) is 0 Å². The van der Waals surface area contributed by atoms with E-state index in [1.54, 1.807) is 0 Å². The van der Waals surface area contributed by atoms with E-state index in [0.29, 0.717) is 13.0 Å². The summed E-state index contributed by atoms with van der Waals surface area (Å²) < 4.78 is 11.7. The lowest BCUT2D eigenvalue weighted by molar-refractivity contribution is -0.128. The van der Waals surface area contributed by atoms with Gasteiger partial charge in [0.2, 0.25) is 0 Å². The van der Waals surface area contributed by atoms with Crippen molar-refractivity contribution in [3.8, 4) is 11.5 Å². The van der Waals surface area contributed by atoms with Crippen LogP contribution in [0.2, 0.25) is 0 Å². The lowest BCUT2D eigenvalue weighted by atomic mass is 9.87. The molecule has 0 saturated heterocycles. The molecule has 30 heavy (non-hydrogen) atoms. The number of carbonyl (C=O) groups excluding carboxylic acids is 1. The van der Waals surface area contributed by atoms with Gasteiger partial charge in [-0.05, 0) is 60.4 Å². The predicted octanol–water partition coefficient (Wildman–Crippen LogP) is 5.68. The number of ether oxygens (including phenoxy) is 2. The van der Waals surface area contributed by atoms with Crippen LogP contribution in [0.1, 0.15) is 65.0 Å². The van der Waals surface area contributed by atoms with Crippen LogP contribution in [0.5, 0.6) is 11.5 Å². The first-order chi connectivity index (χ1) is 14.3. The fraction of sp³-hybridized carbons (Fsp3) is 0.500. The van der Waals surface area contributed by atoms with Crippen molar-refractivity contribution in [1.82, 2.24) is 5.32 Å². The Morgan fingerprint density at radius 3 is 2.37 bits per heavy atom. The molecule has 1 unspecified atom stereocenters. The summed E-state index contributed by atoms with van der Waals surface area (Å²) in [5.74, 6) is 1.61. The van der Waals surface area contributed by atoms with Gasteiger partial charge in [0, 0.05) is 6.54 Å². The number of aryl methyl sites for hydroxylation is 1. The molecule has 1 atom stereocenters. The summed E-state index contributed by atoms with van der Waals surface area (Å²) in [6, 6.07) is 16.1. The minimum absolute atomic E-state index is 0.0621. The van der Waals surface area contributed by atoms with Crippen molar-refractivity contribution < 1.29 is 14.3 Å². The number of hydrogen-bond acceptors (Lipinski definition) is 3. The average molecular weight is 412 g/mol. The summed E-state index contributed by atoms with van der Waals surface area (Å²) in [5, 5.41) is 3.02. The predicted molar refractivity (Wildman–Crippen MR) is 123 cm³/mol. The topological polar surface area (TPSA) is 47.6 Å². The highest BCUT2D eigenvalue weighted by Crippen LogP contribution is 2.25. The van der Waals surface area contributed by atoms with Gasteiger partial charge in [-0.1, -0.05) is 65.0 Å². The van der Waals surface area contributed by atoms with Crippen molar-refractivity contribution in [2.45, 2.75) is 71.8 Å². The van der Waals surface area contributed by atoms with Gasteiger partial charge in [-0.3, -0.25) is 4.79 Å². The van der Waals surface area contributed by atoms with Crippen LogP contribution in [0.4, 0.5) is 0 Å². The molecule has 0 aliphatic carbocycles. The number of carbonyl (C=O) groups is 1. The highest BCUT2D eigenvalue weighted by Gasteiger charge is 2.19. The van der Waals surface area contributed by atoms with Crippen LogP contribution in [0.15, 0.2) is 48.5 Å². The van der Waals surface area contributed by atoms with Gasteiger partial charge < -0.3 is 14.8 Å². The fourth-order valence-corrected chi connectivity index (χ4v) is 3.19. The Morgan fingerprint density at radius 1 is 1.03 bits per heavy atom. The lowest BCUT2D eigenvalue weighted by Crippen LogP contribution is -2.38. The number of amides is 1. The summed E-state index contributed by atoms with van der Waals surface area (Å²) in [6.45, 7) is 11.9. The van der Waals surface area contributed by atoms with E-state index in [1.165, 1.54) is 11.1 Å². The second-order valence-corrected chi connectivity index (χ2v) is 8.64. The molecule has 2 aromatic rings. The van der Waals surface area contributed by atoms with Crippen LogP contribution in [0.25, 0.3) is 0 Å². The van der Waals surface area contributed by atoms with Crippen LogP contribution in [-0.2, 0) is 16.6 Å². The molecule has 0 aliphatic heterocycles.